The van der Waals surface area contributed by atoms with E-state index < -0.39 is 17.3 Å². The van der Waals surface area contributed by atoms with Crippen LogP contribution in [0.15, 0.2) is 0 Å². The van der Waals surface area contributed by atoms with E-state index in [0.717, 1.165) is 0 Å². The number of halogens is 1. The molecule has 2 N–H and O–H groups in total. The molecule has 0 aliphatic heterocycles. The number of amides is 3. The highest BCUT2D eigenvalue weighted by Gasteiger charge is 2.13. The van der Waals surface area contributed by atoms with E-state index >= 15 is 0 Å². The van der Waals surface area contributed by atoms with Crippen molar-refractivity contribution < 1.29 is 14.3 Å². The van der Waals surface area contributed by atoms with Crippen LogP contribution in [0.1, 0.15) is 13.8 Å². The van der Waals surface area contributed by atoms with E-state index in [1.165, 1.54) is 6.92 Å². The first kappa shape index (κ1) is 14.2. The third-order valence-electron chi connectivity index (χ3n) is 1.66. The van der Waals surface area contributed by atoms with E-state index in [0.29, 0.717) is 13.2 Å². The molecule has 0 rings (SSSR count). The smallest absolute Gasteiger partial charge is 0.321 e. The van der Waals surface area contributed by atoms with Gasteiger partial charge in [-0.15, -0.1) is 11.6 Å². The van der Waals surface area contributed by atoms with Crippen LogP contribution in [-0.2, 0) is 9.53 Å². The van der Waals surface area contributed by atoms with Gasteiger partial charge in [-0.05, 0) is 12.8 Å². The van der Waals surface area contributed by atoms with Gasteiger partial charge in [0, 0.05) is 13.7 Å². The average molecular weight is 237 g/mol. The average Bonchev–Trinajstić information content (AvgIpc) is 2.15. The molecule has 0 aromatic heterocycles. The van der Waals surface area contributed by atoms with Crippen LogP contribution in [0.4, 0.5) is 4.79 Å². The molecule has 0 saturated heterocycles. The highest BCUT2D eigenvalue weighted by atomic mass is 35.5. The summed E-state index contributed by atoms with van der Waals surface area (Å²) >= 11 is 5.47. The standard InChI is InChI=1S/C9H17ClN2O3/c1-6(5-15-3)4-11-9(14)12-8(13)7(2)10/h6-7H,4-5H2,1-3H3,(H2,11,12,13,14). The number of methoxy groups -OCH3 is 1. The Morgan fingerprint density at radius 2 is 2.00 bits per heavy atom. The normalized spacial score (nSPS) is 14.1. The van der Waals surface area contributed by atoms with Gasteiger partial charge in [0.1, 0.15) is 5.38 Å². The SMILES string of the molecule is COCC(C)CNC(=O)NC(=O)C(C)Cl. The highest BCUT2D eigenvalue weighted by Crippen LogP contribution is 1.93. The van der Waals surface area contributed by atoms with Gasteiger partial charge in [0.25, 0.3) is 0 Å². The fraction of sp³-hybridized carbons (Fsp3) is 0.778. The van der Waals surface area contributed by atoms with Crippen LogP contribution in [0.25, 0.3) is 0 Å². The van der Waals surface area contributed by atoms with Crippen LogP contribution in [-0.4, -0.2) is 37.6 Å². The largest absolute Gasteiger partial charge is 0.384 e. The minimum Gasteiger partial charge on any atom is -0.384 e. The van der Waals surface area contributed by atoms with E-state index in [1.807, 2.05) is 6.92 Å². The lowest BCUT2D eigenvalue weighted by Crippen LogP contribution is -2.43. The number of urea groups is 1. The Labute approximate surface area is 94.5 Å². The van der Waals surface area contributed by atoms with Crippen molar-refractivity contribution in [3.05, 3.63) is 0 Å². The van der Waals surface area contributed by atoms with Crippen molar-refractivity contribution in [2.24, 2.45) is 5.92 Å². The maximum Gasteiger partial charge on any atom is 0.321 e. The molecule has 6 heteroatoms. The van der Waals surface area contributed by atoms with Crippen LogP contribution < -0.4 is 10.6 Å². The second-order valence-electron chi connectivity index (χ2n) is 3.38. The van der Waals surface area contributed by atoms with Gasteiger partial charge >= 0.3 is 6.03 Å². The van der Waals surface area contributed by atoms with Crippen LogP contribution >= 0.6 is 11.6 Å². The molecule has 0 aromatic carbocycles. The molecule has 0 aromatic rings. The van der Waals surface area contributed by atoms with Crippen LogP contribution in [0, 0.1) is 5.92 Å². The number of nitrogens with one attached hydrogen (secondary N) is 2. The number of ether oxygens (including phenoxy) is 1. The summed E-state index contributed by atoms with van der Waals surface area (Å²) in [7, 11) is 1.59. The van der Waals surface area contributed by atoms with Crippen molar-refractivity contribution in [3.63, 3.8) is 0 Å². The molecule has 3 amide bonds. The van der Waals surface area contributed by atoms with Crippen LogP contribution in [0.2, 0.25) is 0 Å². The monoisotopic (exact) mass is 236 g/mol. The molecule has 0 radical (unpaired) electrons. The molecule has 0 aliphatic carbocycles. The second-order valence-corrected chi connectivity index (χ2v) is 4.03. The summed E-state index contributed by atoms with van der Waals surface area (Å²) in [6, 6.07) is -0.532. The maximum atomic E-state index is 11.1. The molecule has 0 bridgehead atoms. The molecule has 0 fully saturated rings. The summed E-state index contributed by atoms with van der Waals surface area (Å²) in [6.07, 6.45) is 0. The lowest BCUT2D eigenvalue weighted by Gasteiger charge is -2.12. The quantitative estimate of drug-likeness (QED) is 0.692. The summed E-state index contributed by atoms with van der Waals surface area (Å²) in [4.78, 5) is 22.1. The van der Waals surface area contributed by atoms with Crippen molar-refractivity contribution in [2.45, 2.75) is 19.2 Å². The van der Waals surface area contributed by atoms with Gasteiger partial charge in [-0.2, -0.15) is 0 Å². The number of rotatable bonds is 5. The topological polar surface area (TPSA) is 67.4 Å². The summed E-state index contributed by atoms with van der Waals surface area (Å²) in [5.41, 5.74) is 0. The fourth-order valence-electron chi connectivity index (χ4n) is 0.866. The van der Waals surface area contributed by atoms with Crippen LogP contribution in [0.3, 0.4) is 0 Å². The number of alkyl halides is 1. The minimum atomic E-state index is -0.716. The Bertz CT molecular complexity index is 221. The van der Waals surface area contributed by atoms with Crippen molar-refractivity contribution >= 4 is 23.5 Å². The molecule has 0 aliphatic rings. The summed E-state index contributed by atoms with van der Waals surface area (Å²) in [5.74, 6) is -0.308. The fourth-order valence-corrected chi connectivity index (χ4v) is 0.920. The third-order valence-corrected chi connectivity index (χ3v) is 1.86. The molecule has 88 valence electrons. The molecule has 2 atom stereocenters. The predicted octanol–water partition coefficient (Wildman–Crippen LogP) is 0.722. The van der Waals surface area contributed by atoms with E-state index in [-0.39, 0.29) is 5.92 Å². The van der Waals surface area contributed by atoms with E-state index in [4.69, 9.17) is 16.3 Å². The summed E-state index contributed by atoms with van der Waals surface area (Å²) in [5, 5.41) is 3.94. The Balaban J connectivity index is 3.71. The van der Waals surface area contributed by atoms with Crippen molar-refractivity contribution in [1.82, 2.24) is 10.6 Å². The molecule has 15 heavy (non-hydrogen) atoms. The van der Waals surface area contributed by atoms with Gasteiger partial charge in [-0.3, -0.25) is 10.1 Å². The van der Waals surface area contributed by atoms with Gasteiger partial charge in [-0.25, -0.2) is 4.79 Å². The Morgan fingerprint density at radius 3 is 2.47 bits per heavy atom. The van der Waals surface area contributed by atoms with Gasteiger partial charge in [0.15, 0.2) is 0 Å². The number of imide groups is 1. The van der Waals surface area contributed by atoms with Crippen LogP contribution in [0.5, 0.6) is 0 Å². The van der Waals surface area contributed by atoms with E-state index in [1.54, 1.807) is 7.11 Å². The van der Waals surface area contributed by atoms with Gasteiger partial charge in [-0.1, -0.05) is 6.92 Å². The lowest BCUT2D eigenvalue weighted by atomic mass is 10.2. The Hall–Kier alpha value is -0.810. The second kappa shape index (κ2) is 7.48. The maximum absolute atomic E-state index is 11.1. The van der Waals surface area contributed by atoms with Gasteiger partial charge in [0.2, 0.25) is 5.91 Å². The zero-order valence-corrected chi connectivity index (χ0v) is 9.93. The summed E-state index contributed by atoms with van der Waals surface area (Å²) < 4.78 is 4.90. The number of hydrogen-bond acceptors (Lipinski definition) is 3. The highest BCUT2D eigenvalue weighted by molar-refractivity contribution is 6.31. The predicted molar refractivity (Wildman–Crippen MR) is 57.9 cm³/mol. The Morgan fingerprint density at radius 1 is 1.40 bits per heavy atom. The Kier molecular flexibility index (Phi) is 7.07. The number of carbonyl (C=O) groups excluding carboxylic acids is 2. The molecular weight excluding hydrogens is 220 g/mol. The molecular formula is C9H17ClN2O3. The van der Waals surface area contributed by atoms with Crippen molar-refractivity contribution in [1.29, 1.82) is 0 Å². The first-order valence-corrected chi connectivity index (χ1v) is 5.12. The van der Waals surface area contributed by atoms with E-state index in [2.05, 4.69) is 10.6 Å². The zero-order valence-electron chi connectivity index (χ0n) is 9.17. The third kappa shape index (κ3) is 7.16. The molecule has 0 spiro atoms. The minimum absolute atomic E-state index is 0.198. The van der Waals surface area contributed by atoms with E-state index in [9.17, 15) is 9.59 Å². The first-order valence-electron chi connectivity index (χ1n) is 4.69. The summed E-state index contributed by atoms with van der Waals surface area (Å²) in [6.45, 7) is 4.43. The van der Waals surface area contributed by atoms with Crippen molar-refractivity contribution in [3.8, 4) is 0 Å². The zero-order chi connectivity index (χ0) is 11.8. The lowest BCUT2D eigenvalue weighted by molar-refractivity contribution is -0.119. The molecule has 5 nitrogen and oxygen atoms in total. The first-order chi connectivity index (χ1) is 6.97. The van der Waals surface area contributed by atoms with Gasteiger partial charge in [0.05, 0.1) is 6.61 Å². The molecule has 0 heterocycles. The van der Waals surface area contributed by atoms with Gasteiger partial charge < -0.3 is 10.1 Å². The number of hydrogen-bond donors (Lipinski definition) is 2. The number of carbonyl (C=O) groups is 2. The molecule has 2 unspecified atom stereocenters. The molecule has 0 saturated carbocycles. The van der Waals surface area contributed by atoms with Crippen molar-refractivity contribution in [2.75, 3.05) is 20.3 Å².